The largest absolute Gasteiger partial charge is 0.354 e. The number of benzene rings is 7. The Bertz CT molecular complexity index is 2410. The van der Waals surface area contributed by atoms with E-state index in [9.17, 15) is 0 Å². The molecule has 0 amide bonds. The lowest BCUT2D eigenvalue weighted by atomic mass is 9.84. The lowest BCUT2D eigenvalue weighted by molar-refractivity contribution is 1.20. The van der Waals surface area contributed by atoms with Crippen LogP contribution < -0.4 is 0 Å². The smallest absolute Gasteiger partial charge is 0.0647 e. The van der Waals surface area contributed by atoms with E-state index in [2.05, 4.69) is 173 Å². The van der Waals surface area contributed by atoms with Crippen LogP contribution in [0.15, 0.2) is 164 Å². The molecular formula is C42H28N2. The van der Waals surface area contributed by atoms with Crippen molar-refractivity contribution < 1.29 is 0 Å². The Morgan fingerprint density at radius 2 is 0.795 bits per heavy atom. The van der Waals surface area contributed by atoms with Gasteiger partial charge in [-0.05, 0) is 34.9 Å². The first-order valence-corrected chi connectivity index (χ1v) is 15.1. The Kier molecular flexibility index (Phi) is 5.54. The third kappa shape index (κ3) is 3.61. The van der Waals surface area contributed by atoms with Gasteiger partial charge in [-0.2, -0.15) is 0 Å². The van der Waals surface area contributed by atoms with Crippen molar-refractivity contribution in [2.24, 2.45) is 0 Å². The van der Waals surface area contributed by atoms with Crippen LogP contribution in [0, 0.1) is 0 Å². The van der Waals surface area contributed by atoms with Gasteiger partial charge in [-0.3, -0.25) is 0 Å². The number of aromatic amines is 1. The minimum atomic E-state index is 1.13. The second-order valence-electron chi connectivity index (χ2n) is 11.4. The predicted molar refractivity (Wildman–Crippen MR) is 186 cm³/mol. The predicted octanol–water partition coefficient (Wildman–Crippen LogP) is 11.4. The maximum Gasteiger partial charge on any atom is 0.0647 e. The van der Waals surface area contributed by atoms with Crippen molar-refractivity contribution in [1.82, 2.24) is 9.55 Å². The molecule has 2 nitrogen and oxygen atoms in total. The summed E-state index contributed by atoms with van der Waals surface area (Å²) in [6.07, 6.45) is 0. The summed E-state index contributed by atoms with van der Waals surface area (Å²) < 4.78 is 2.51. The standard InChI is InChI=1S/C42H28N2/c1-4-16-28(17-5-1)37-38(29-18-6-2-7-19-29)41-40(33-24-10-13-25-34(33)43-41)42(39(37)30-20-8-3-9-21-30)44-35-26-14-11-22-31(35)32-23-12-15-27-36(32)44/h1-27,43H. The Morgan fingerprint density at radius 1 is 0.364 bits per heavy atom. The van der Waals surface area contributed by atoms with Gasteiger partial charge in [-0.25, -0.2) is 0 Å². The van der Waals surface area contributed by atoms with Gasteiger partial charge in [-0.1, -0.05) is 146 Å². The van der Waals surface area contributed by atoms with Crippen LogP contribution in [0.5, 0.6) is 0 Å². The quantitative estimate of drug-likeness (QED) is 0.221. The average Bonchev–Trinajstić information content (AvgIpc) is 3.65. The molecule has 0 atom stereocenters. The van der Waals surface area contributed by atoms with E-state index >= 15 is 0 Å². The molecule has 0 fully saturated rings. The fourth-order valence-electron chi connectivity index (χ4n) is 7.13. The maximum atomic E-state index is 3.92. The summed E-state index contributed by atoms with van der Waals surface area (Å²) in [6, 6.07) is 59.0. The van der Waals surface area contributed by atoms with Crippen molar-refractivity contribution in [2.75, 3.05) is 0 Å². The Hall–Kier alpha value is -5.86. The number of hydrogen-bond donors (Lipinski definition) is 1. The van der Waals surface area contributed by atoms with E-state index in [0.717, 1.165) is 11.0 Å². The third-order valence-corrected chi connectivity index (χ3v) is 8.92. The molecule has 0 saturated carbocycles. The highest BCUT2D eigenvalue weighted by Gasteiger charge is 2.28. The van der Waals surface area contributed by atoms with Gasteiger partial charge < -0.3 is 9.55 Å². The monoisotopic (exact) mass is 560 g/mol. The van der Waals surface area contributed by atoms with Crippen LogP contribution in [0.2, 0.25) is 0 Å². The highest BCUT2D eigenvalue weighted by atomic mass is 15.0. The fraction of sp³-hybridized carbons (Fsp3) is 0. The summed E-state index contributed by atoms with van der Waals surface area (Å²) in [4.78, 5) is 3.92. The van der Waals surface area contributed by atoms with Crippen LogP contribution in [-0.2, 0) is 0 Å². The molecule has 2 heterocycles. The molecule has 2 aromatic heterocycles. The van der Waals surface area contributed by atoms with E-state index in [1.807, 2.05) is 0 Å². The molecule has 9 rings (SSSR count). The Morgan fingerprint density at radius 3 is 1.36 bits per heavy atom. The topological polar surface area (TPSA) is 20.7 Å². The van der Waals surface area contributed by atoms with E-state index in [-0.39, 0.29) is 0 Å². The Balaban J connectivity index is 1.63. The van der Waals surface area contributed by atoms with Crippen molar-refractivity contribution in [2.45, 2.75) is 0 Å². The maximum absolute atomic E-state index is 3.92. The van der Waals surface area contributed by atoms with Crippen LogP contribution in [0.4, 0.5) is 0 Å². The molecule has 0 aliphatic carbocycles. The van der Waals surface area contributed by atoms with E-state index < -0.39 is 0 Å². The molecule has 0 unspecified atom stereocenters. The summed E-state index contributed by atoms with van der Waals surface area (Å²) in [5.74, 6) is 0. The van der Waals surface area contributed by atoms with Crippen LogP contribution in [-0.4, -0.2) is 9.55 Å². The summed E-state index contributed by atoms with van der Waals surface area (Å²) in [5.41, 5.74) is 13.1. The molecule has 0 radical (unpaired) electrons. The summed E-state index contributed by atoms with van der Waals surface area (Å²) in [5, 5.41) is 4.95. The molecule has 0 spiro atoms. The van der Waals surface area contributed by atoms with Crippen LogP contribution >= 0.6 is 0 Å². The molecule has 2 heteroatoms. The van der Waals surface area contributed by atoms with E-state index in [1.54, 1.807) is 0 Å². The van der Waals surface area contributed by atoms with Crippen LogP contribution in [0.1, 0.15) is 0 Å². The van der Waals surface area contributed by atoms with Gasteiger partial charge in [0.25, 0.3) is 0 Å². The molecule has 206 valence electrons. The molecule has 7 aromatic carbocycles. The van der Waals surface area contributed by atoms with Gasteiger partial charge >= 0.3 is 0 Å². The SMILES string of the molecule is c1ccc(-c2c(-c3ccccc3)c(-n3c4ccccc4c4ccccc43)c3c([nH]c4ccccc43)c2-c2ccccc2)cc1. The van der Waals surface area contributed by atoms with Gasteiger partial charge in [0.1, 0.15) is 0 Å². The number of H-pyrrole nitrogens is 1. The van der Waals surface area contributed by atoms with E-state index in [1.165, 1.54) is 71.6 Å². The zero-order valence-corrected chi connectivity index (χ0v) is 24.0. The molecule has 0 saturated heterocycles. The number of aromatic nitrogens is 2. The summed E-state index contributed by atoms with van der Waals surface area (Å²) in [7, 11) is 0. The summed E-state index contributed by atoms with van der Waals surface area (Å²) >= 11 is 0. The minimum Gasteiger partial charge on any atom is -0.354 e. The first kappa shape index (κ1) is 24.7. The first-order valence-electron chi connectivity index (χ1n) is 15.1. The highest BCUT2D eigenvalue weighted by molar-refractivity contribution is 6.24. The first-order chi connectivity index (χ1) is 21.9. The molecule has 1 N–H and O–H groups in total. The normalized spacial score (nSPS) is 11.6. The average molecular weight is 561 g/mol. The number of nitrogens with zero attached hydrogens (tertiary/aromatic N) is 1. The zero-order chi connectivity index (χ0) is 29.0. The van der Waals surface area contributed by atoms with Crippen molar-refractivity contribution in [3.8, 4) is 39.1 Å². The molecule has 0 aliphatic rings. The molecule has 44 heavy (non-hydrogen) atoms. The molecule has 9 aromatic rings. The van der Waals surface area contributed by atoms with Crippen LogP contribution in [0.3, 0.4) is 0 Å². The number of hydrogen-bond acceptors (Lipinski definition) is 0. The van der Waals surface area contributed by atoms with E-state index in [4.69, 9.17) is 0 Å². The fourth-order valence-corrected chi connectivity index (χ4v) is 7.13. The van der Waals surface area contributed by atoms with Gasteiger partial charge in [0.05, 0.1) is 22.2 Å². The lowest BCUT2D eigenvalue weighted by Crippen LogP contribution is -2.03. The molecule has 0 aliphatic heterocycles. The van der Waals surface area contributed by atoms with Crippen molar-refractivity contribution in [3.63, 3.8) is 0 Å². The highest BCUT2D eigenvalue weighted by Crippen LogP contribution is 2.51. The second kappa shape index (κ2) is 9.86. The van der Waals surface area contributed by atoms with Gasteiger partial charge in [0, 0.05) is 43.8 Å². The Labute approximate surface area is 255 Å². The van der Waals surface area contributed by atoms with Gasteiger partial charge in [0.15, 0.2) is 0 Å². The minimum absolute atomic E-state index is 1.13. The van der Waals surface area contributed by atoms with Crippen molar-refractivity contribution in [3.05, 3.63) is 164 Å². The molecular weight excluding hydrogens is 532 g/mol. The number of rotatable bonds is 4. The van der Waals surface area contributed by atoms with Gasteiger partial charge in [-0.15, -0.1) is 0 Å². The number of para-hydroxylation sites is 3. The van der Waals surface area contributed by atoms with Gasteiger partial charge in [0.2, 0.25) is 0 Å². The third-order valence-electron chi connectivity index (χ3n) is 8.92. The van der Waals surface area contributed by atoms with E-state index in [0.29, 0.717) is 0 Å². The summed E-state index contributed by atoms with van der Waals surface area (Å²) in [6.45, 7) is 0. The lowest BCUT2D eigenvalue weighted by Gasteiger charge is -2.24. The van der Waals surface area contributed by atoms with Crippen LogP contribution in [0.25, 0.3) is 82.7 Å². The second-order valence-corrected chi connectivity index (χ2v) is 11.4. The van der Waals surface area contributed by atoms with Crippen molar-refractivity contribution >= 4 is 43.6 Å². The number of nitrogens with one attached hydrogen (secondary N) is 1. The molecule has 0 bridgehead atoms. The van der Waals surface area contributed by atoms with Crippen molar-refractivity contribution in [1.29, 1.82) is 0 Å². The zero-order valence-electron chi connectivity index (χ0n) is 24.0. The number of fused-ring (bicyclic) bond motifs is 6.